The highest BCUT2D eigenvalue weighted by Gasteiger charge is 2.08. The van der Waals surface area contributed by atoms with Gasteiger partial charge in [0.1, 0.15) is 0 Å². The fraction of sp³-hybridized carbons (Fsp3) is 0.444. The first-order valence-electron chi connectivity index (χ1n) is 4.66. The van der Waals surface area contributed by atoms with E-state index in [0.717, 1.165) is 17.9 Å². The number of hydrogen-bond acceptors (Lipinski definition) is 4. The zero-order valence-electron chi connectivity index (χ0n) is 8.09. The summed E-state index contributed by atoms with van der Waals surface area (Å²) >= 11 is 0. The SMILES string of the molecule is CC(CN)Cc1nnc2cccnn12. The molecule has 0 spiro atoms. The Balaban J connectivity index is 2.33. The molecule has 0 aromatic carbocycles. The van der Waals surface area contributed by atoms with Crippen molar-refractivity contribution in [2.75, 3.05) is 6.54 Å². The van der Waals surface area contributed by atoms with Gasteiger partial charge in [-0.25, -0.2) is 0 Å². The number of nitrogens with zero attached hydrogens (tertiary/aromatic N) is 4. The van der Waals surface area contributed by atoms with E-state index in [1.54, 1.807) is 10.7 Å². The van der Waals surface area contributed by atoms with Crippen molar-refractivity contribution in [3.63, 3.8) is 0 Å². The molecule has 0 amide bonds. The van der Waals surface area contributed by atoms with Crippen LogP contribution in [0, 0.1) is 5.92 Å². The maximum absolute atomic E-state index is 5.55. The number of aromatic nitrogens is 4. The topological polar surface area (TPSA) is 69.1 Å². The summed E-state index contributed by atoms with van der Waals surface area (Å²) in [5, 5.41) is 12.3. The molecule has 2 N–H and O–H groups in total. The molecule has 0 bridgehead atoms. The van der Waals surface area contributed by atoms with Crippen molar-refractivity contribution in [3.8, 4) is 0 Å². The third-order valence-electron chi connectivity index (χ3n) is 2.18. The predicted octanol–water partition coefficient (Wildman–Crippen LogP) is 0.262. The van der Waals surface area contributed by atoms with Crippen LogP contribution in [0.25, 0.3) is 5.65 Å². The summed E-state index contributed by atoms with van der Waals surface area (Å²) in [5.74, 6) is 1.28. The highest BCUT2D eigenvalue weighted by atomic mass is 15.4. The number of rotatable bonds is 3. The number of nitrogens with two attached hydrogens (primary N) is 1. The highest BCUT2D eigenvalue weighted by Crippen LogP contribution is 2.05. The number of hydrogen-bond donors (Lipinski definition) is 1. The van der Waals surface area contributed by atoms with Crippen LogP contribution in [0.3, 0.4) is 0 Å². The molecular formula is C9H13N5. The Morgan fingerprint density at radius 3 is 3.14 bits per heavy atom. The lowest BCUT2D eigenvalue weighted by molar-refractivity contribution is 0.563. The first kappa shape index (κ1) is 9.08. The molecule has 0 saturated heterocycles. The van der Waals surface area contributed by atoms with Crippen LogP contribution < -0.4 is 5.73 Å². The Morgan fingerprint density at radius 2 is 2.36 bits per heavy atom. The smallest absolute Gasteiger partial charge is 0.177 e. The van der Waals surface area contributed by atoms with Gasteiger partial charge in [-0.05, 0) is 24.6 Å². The summed E-state index contributed by atoms with van der Waals surface area (Å²) in [6.07, 6.45) is 2.54. The van der Waals surface area contributed by atoms with Crippen LogP contribution in [0.1, 0.15) is 12.7 Å². The van der Waals surface area contributed by atoms with Crippen LogP contribution in [-0.2, 0) is 6.42 Å². The van der Waals surface area contributed by atoms with E-state index >= 15 is 0 Å². The summed E-state index contributed by atoms with van der Waals surface area (Å²) < 4.78 is 1.76. The van der Waals surface area contributed by atoms with Gasteiger partial charge in [-0.3, -0.25) is 0 Å². The maximum atomic E-state index is 5.55. The van der Waals surface area contributed by atoms with Gasteiger partial charge in [0.25, 0.3) is 0 Å². The van der Waals surface area contributed by atoms with E-state index in [1.807, 2.05) is 12.1 Å². The van der Waals surface area contributed by atoms with Gasteiger partial charge in [0.2, 0.25) is 0 Å². The normalized spacial score (nSPS) is 13.3. The molecule has 1 atom stereocenters. The summed E-state index contributed by atoms with van der Waals surface area (Å²) in [5.41, 5.74) is 6.34. The summed E-state index contributed by atoms with van der Waals surface area (Å²) in [7, 11) is 0. The molecular weight excluding hydrogens is 178 g/mol. The van der Waals surface area contributed by atoms with Crippen molar-refractivity contribution in [2.24, 2.45) is 11.7 Å². The molecule has 5 heteroatoms. The molecule has 0 aliphatic rings. The highest BCUT2D eigenvalue weighted by molar-refractivity contribution is 5.34. The first-order valence-corrected chi connectivity index (χ1v) is 4.66. The van der Waals surface area contributed by atoms with Crippen molar-refractivity contribution in [2.45, 2.75) is 13.3 Å². The second-order valence-electron chi connectivity index (χ2n) is 3.45. The summed E-state index contributed by atoms with van der Waals surface area (Å²) in [6.45, 7) is 2.74. The van der Waals surface area contributed by atoms with Crippen LogP contribution in [0.2, 0.25) is 0 Å². The standard InChI is InChI=1S/C9H13N5/c1-7(6-10)5-9-13-12-8-3-2-4-11-14(8)9/h2-4,7H,5-6,10H2,1H3. The Labute approximate surface area is 81.9 Å². The molecule has 14 heavy (non-hydrogen) atoms. The van der Waals surface area contributed by atoms with Crippen molar-refractivity contribution in [1.82, 2.24) is 19.8 Å². The minimum absolute atomic E-state index is 0.407. The van der Waals surface area contributed by atoms with E-state index in [1.165, 1.54) is 0 Å². The van der Waals surface area contributed by atoms with E-state index in [9.17, 15) is 0 Å². The van der Waals surface area contributed by atoms with Crippen LogP contribution >= 0.6 is 0 Å². The molecule has 5 nitrogen and oxygen atoms in total. The number of fused-ring (bicyclic) bond motifs is 1. The molecule has 2 rings (SSSR count). The lowest BCUT2D eigenvalue weighted by atomic mass is 10.1. The Hall–Kier alpha value is -1.49. The average molecular weight is 191 g/mol. The maximum Gasteiger partial charge on any atom is 0.177 e. The molecule has 0 fully saturated rings. The monoisotopic (exact) mass is 191 g/mol. The molecule has 0 saturated carbocycles. The van der Waals surface area contributed by atoms with Crippen molar-refractivity contribution < 1.29 is 0 Å². The summed E-state index contributed by atoms with van der Waals surface area (Å²) in [6, 6.07) is 3.73. The van der Waals surface area contributed by atoms with E-state index in [0.29, 0.717) is 12.5 Å². The van der Waals surface area contributed by atoms with Gasteiger partial charge in [0.15, 0.2) is 11.5 Å². The zero-order chi connectivity index (χ0) is 9.97. The van der Waals surface area contributed by atoms with Crippen molar-refractivity contribution >= 4 is 5.65 Å². The third kappa shape index (κ3) is 1.58. The summed E-state index contributed by atoms with van der Waals surface area (Å²) in [4.78, 5) is 0. The van der Waals surface area contributed by atoms with E-state index in [-0.39, 0.29) is 0 Å². The second kappa shape index (κ2) is 3.71. The Bertz CT molecular complexity index is 422. The van der Waals surface area contributed by atoms with E-state index < -0.39 is 0 Å². The predicted molar refractivity (Wildman–Crippen MR) is 52.7 cm³/mol. The van der Waals surface area contributed by atoms with Crippen LogP contribution in [0.4, 0.5) is 0 Å². The third-order valence-corrected chi connectivity index (χ3v) is 2.18. The largest absolute Gasteiger partial charge is 0.330 e. The van der Waals surface area contributed by atoms with E-state index in [2.05, 4.69) is 22.2 Å². The Kier molecular flexibility index (Phi) is 2.41. The second-order valence-corrected chi connectivity index (χ2v) is 3.45. The molecule has 0 radical (unpaired) electrons. The quantitative estimate of drug-likeness (QED) is 0.755. The van der Waals surface area contributed by atoms with E-state index in [4.69, 9.17) is 5.73 Å². The van der Waals surface area contributed by atoms with Gasteiger partial charge in [-0.1, -0.05) is 6.92 Å². The fourth-order valence-electron chi connectivity index (χ4n) is 1.31. The molecule has 2 heterocycles. The molecule has 2 aromatic rings. The van der Waals surface area contributed by atoms with Crippen molar-refractivity contribution in [3.05, 3.63) is 24.2 Å². The van der Waals surface area contributed by atoms with Gasteiger partial charge >= 0.3 is 0 Å². The van der Waals surface area contributed by atoms with Gasteiger partial charge < -0.3 is 5.73 Å². The average Bonchev–Trinajstić information content (AvgIpc) is 2.62. The van der Waals surface area contributed by atoms with Crippen molar-refractivity contribution in [1.29, 1.82) is 0 Å². The minimum Gasteiger partial charge on any atom is -0.330 e. The molecule has 2 aromatic heterocycles. The van der Waals surface area contributed by atoms with Crippen LogP contribution in [-0.4, -0.2) is 26.4 Å². The first-order chi connectivity index (χ1) is 6.81. The van der Waals surface area contributed by atoms with Gasteiger partial charge in [-0.15, -0.1) is 10.2 Å². The molecule has 1 unspecified atom stereocenters. The van der Waals surface area contributed by atoms with Crippen LogP contribution in [0.5, 0.6) is 0 Å². The van der Waals surface area contributed by atoms with Gasteiger partial charge in [0, 0.05) is 12.6 Å². The van der Waals surface area contributed by atoms with Gasteiger partial charge in [-0.2, -0.15) is 9.61 Å². The molecule has 0 aliphatic heterocycles. The molecule has 0 aliphatic carbocycles. The molecule has 74 valence electrons. The zero-order valence-corrected chi connectivity index (χ0v) is 8.09. The lowest BCUT2D eigenvalue weighted by Crippen LogP contribution is -2.15. The fourth-order valence-corrected chi connectivity index (χ4v) is 1.31. The minimum atomic E-state index is 0.407. The van der Waals surface area contributed by atoms with Gasteiger partial charge in [0.05, 0.1) is 0 Å². The lowest BCUT2D eigenvalue weighted by Gasteiger charge is -2.04. The Morgan fingerprint density at radius 1 is 1.50 bits per heavy atom. The van der Waals surface area contributed by atoms with Crippen LogP contribution in [0.15, 0.2) is 18.3 Å².